The van der Waals surface area contributed by atoms with E-state index in [1.54, 1.807) is 6.08 Å². The highest BCUT2D eigenvalue weighted by molar-refractivity contribution is 7.18. The number of allylic oxidation sites excluding steroid dienone is 1. The fourth-order valence-corrected chi connectivity index (χ4v) is 3.71. The first-order chi connectivity index (χ1) is 11.4. The Kier molecular flexibility index (Phi) is 4.08. The van der Waals surface area contributed by atoms with Crippen molar-refractivity contribution < 1.29 is 0 Å². The van der Waals surface area contributed by atoms with Gasteiger partial charge in [-0.05, 0) is 50.5 Å². The topological polar surface area (TPSA) is 69.5 Å². The minimum absolute atomic E-state index is 0.196. The van der Waals surface area contributed by atoms with Crippen LogP contribution in [0.3, 0.4) is 0 Å². The summed E-state index contributed by atoms with van der Waals surface area (Å²) in [5.74, 6) is 0.316. The van der Waals surface area contributed by atoms with E-state index >= 15 is 0 Å². The second-order valence-corrected chi connectivity index (χ2v) is 7.11. The van der Waals surface area contributed by atoms with Gasteiger partial charge in [0.05, 0.1) is 11.0 Å². The number of rotatable bonds is 2. The molecular weight excluding hydrogens is 318 g/mol. The number of H-pyrrole nitrogens is 1. The normalized spacial score (nSPS) is 11.7. The first-order valence-electron chi connectivity index (χ1n) is 7.60. The van der Waals surface area contributed by atoms with Crippen LogP contribution >= 0.6 is 11.3 Å². The summed E-state index contributed by atoms with van der Waals surface area (Å²) in [5.41, 5.74) is 4.29. The molecule has 5 heteroatoms. The number of aromatic nitrogens is 2. The number of hydrogen-bond donors (Lipinski definition) is 1. The number of benzene rings is 1. The number of aryl methyl sites for hydroxylation is 4. The Morgan fingerprint density at radius 1 is 1.29 bits per heavy atom. The Balaban J connectivity index is 2.18. The molecule has 2 heterocycles. The van der Waals surface area contributed by atoms with Crippen molar-refractivity contribution in [2.45, 2.75) is 27.7 Å². The molecule has 0 saturated carbocycles. The maximum absolute atomic E-state index is 12.4. The van der Waals surface area contributed by atoms with Gasteiger partial charge in [-0.25, -0.2) is 4.98 Å². The van der Waals surface area contributed by atoms with Crippen LogP contribution in [0.4, 0.5) is 0 Å². The Morgan fingerprint density at radius 2 is 2.04 bits per heavy atom. The number of aromatic amines is 1. The molecule has 4 nitrogen and oxygen atoms in total. The van der Waals surface area contributed by atoms with E-state index in [1.165, 1.54) is 16.9 Å². The summed E-state index contributed by atoms with van der Waals surface area (Å²) in [4.78, 5) is 21.4. The van der Waals surface area contributed by atoms with E-state index in [0.717, 1.165) is 21.6 Å². The highest BCUT2D eigenvalue weighted by Gasteiger charge is 2.14. The van der Waals surface area contributed by atoms with Gasteiger partial charge in [-0.2, -0.15) is 5.26 Å². The van der Waals surface area contributed by atoms with Crippen molar-refractivity contribution in [2.75, 3.05) is 0 Å². The van der Waals surface area contributed by atoms with E-state index in [0.29, 0.717) is 21.6 Å². The molecule has 0 unspecified atom stereocenters. The minimum Gasteiger partial charge on any atom is -0.305 e. The van der Waals surface area contributed by atoms with E-state index in [2.05, 4.69) is 22.1 Å². The third kappa shape index (κ3) is 2.77. The maximum Gasteiger partial charge on any atom is 0.260 e. The molecule has 2 aromatic heterocycles. The van der Waals surface area contributed by atoms with Crippen LogP contribution in [-0.4, -0.2) is 9.97 Å². The van der Waals surface area contributed by atoms with Gasteiger partial charge in [0.1, 0.15) is 10.9 Å². The fraction of sp³-hybridized carbons (Fsp3) is 0.211. The van der Waals surface area contributed by atoms with Gasteiger partial charge in [0, 0.05) is 4.88 Å². The van der Waals surface area contributed by atoms with Crippen molar-refractivity contribution in [1.82, 2.24) is 9.97 Å². The van der Waals surface area contributed by atoms with Crippen molar-refractivity contribution in [2.24, 2.45) is 0 Å². The van der Waals surface area contributed by atoms with Gasteiger partial charge in [-0.1, -0.05) is 23.8 Å². The SMILES string of the molecule is Cc1ccc(/C=C(\C#N)c2nc3sc(C)c(C)c3c(=O)[nH]2)c(C)c1. The fourth-order valence-electron chi connectivity index (χ4n) is 2.68. The van der Waals surface area contributed by atoms with Crippen LogP contribution in [0, 0.1) is 39.0 Å². The highest BCUT2D eigenvalue weighted by Crippen LogP contribution is 2.27. The van der Waals surface area contributed by atoms with Crippen molar-refractivity contribution >= 4 is 33.2 Å². The monoisotopic (exact) mass is 335 g/mol. The lowest BCUT2D eigenvalue weighted by Crippen LogP contribution is -2.10. The summed E-state index contributed by atoms with van der Waals surface area (Å²) in [6.45, 7) is 7.91. The molecule has 1 aromatic carbocycles. The van der Waals surface area contributed by atoms with E-state index in [1.807, 2.05) is 39.8 Å². The summed E-state index contributed by atoms with van der Waals surface area (Å²) < 4.78 is 0. The molecule has 0 aliphatic rings. The molecule has 3 aromatic rings. The first kappa shape index (κ1) is 16.2. The van der Waals surface area contributed by atoms with Crippen LogP contribution in [0.2, 0.25) is 0 Å². The molecular formula is C19H17N3OS. The largest absolute Gasteiger partial charge is 0.305 e. The predicted octanol–water partition coefficient (Wildman–Crippen LogP) is 4.28. The second kappa shape index (κ2) is 6.06. The number of nitrogens with one attached hydrogen (secondary N) is 1. The molecule has 24 heavy (non-hydrogen) atoms. The van der Waals surface area contributed by atoms with Gasteiger partial charge in [0.2, 0.25) is 0 Å². The molecule has 0 radical (unpaired) electrons. The molecule has 0 bridgehead atoms. The summed E-state index contributed by atoms with van der Waals surface area (Å²) in [7, 11) is 0. The first-order valence-corrected chi connectivity index (χ1v) is 8.42. The van der Waals surface area contributed by atoms with E-state index in [9.17, 15) is 10.1 Å². The summed E-state index contributed by atoms with van der Waals surface area (Å²) in [5, 5.41) is 10.1. The van der Waals surface area contributed by atoms with Gasteiger partial charge >= 0.3 is 0 Å². The van der Waals surface area contributed by atoms with E-state index in [4.69, 9.17) is 0 Å². The molecule has 0 amide bonds. The zero-order valence-corrected chi connectivity index (χ0v) is 14.8. The van der Waals surface area contributed by atoms with Crippen LogP contribution in [-0.2, 0) is 0 Å². The average molecular weight is 335 g/mol. The van der Waals surface area contributed by atoms with Gasteiger partial charge in [0.15, 0.2) is 5.82 Å². The van der Waals surface area contributed by atoms with Crippen LogP contribution in [0.25, 0.3) is 21.9 Å². The number of thiophene rings is 1. The van der Waals surface area contributed by atoms with Crippen molar-refractivity contribution in [1.29, 1.82) is 5.26 Å². The molecule has 0 saturated heterocycles. The maximum atomic E-state index is 12.4. The summed E-state index contributed by atoms with van der Waals surface area (Å²) >= 11 is 1.48. The molecule has 3 rings (SSSR count). The van der Waals surface area contributed by atoms with E-state index < -0.39 is 0 Å². The van der Waals surface area contributed by atoms with Gasteiger partial charge in [-0.3, -0.25) is 4.79 Å². The Labute approximate surface area is 144 Å². The zero-order chi connectivity index (χ0) is 17.4. The lowest BCUT2D eigenvalue weighted by molar-refractivity contribution is 1.13. The molecule has 120 valence electrons. The Hall–Kier alpha value is -2.71. The van der Waals surface area contributed by atoms with Crippen molar-refractivity contribution in [3.8, 4) is 6.07 Å². The summed E-state index contributed by atoms with van der Waals surface area (Å²) in [6, 6.07) is 8.19. The second-order valence-electron chi connectivity index (χ2n) is 5.91. The Bertz CT molecular complexity index is 1080. The molecule has 0 aliphatic heterocycles. The molecule has 1 N–H and O–H groups in total. The molecule has 0 spiro atoms. The zero-order valence-electron chi connectivity index (χ0n) is 14.0. The number of hydrogen-bond acceptors (Lipinski definition) is 4. The summed E-state index contributed by atoms with van der Waals surface area (Å²) in [6.07, 6.45) is 1.77. The number of nitriles is 1. The standard InChI is InChI=1S/C19H17N3OS/c1-10-5-6-14(11(2)7-10)8-15(9-20)17-21-18(23)16-12(3)13(4)24-19(16)22-17/h5-8H,1-4H3,(H,21,22,23)/b15-8+. The lowest BCUT2D eigenvalue weighted by atomic mass is 10.0. The minimum atomic E-state index is -0.196. The molecule has 0 fully saturated rings. The van der Waals surface area contributed by atoms with Crippen LogP contribution in [0.1, 0.15) is 33.0 Å². The van der Waals surface area contributed by atoms with Gasteiger partial charge in [-0.15, -0.1) is 11.3 Å². The van der Waals surface area contributed by atoms with Crippen molar-refractivity contribution in [3.63, 3.8) is 0 Å². The molecule has 0 aliphatic carbocycles. The number of fused-ring (bicyclic) bond motifs is 1. The lowest BCUT2D eigenvalue weighted by Gasteiger charge is -2.04. The molecule has 0 atom stereocenters. The average Bonchev–Trinajstić information content (AvgIpc) is 2.81. The van der Waals surface area contributed by atoms with Crippen LogP contribution in [0.15, 0.2) is 23.0 Å². The van der Waals surface area contributed by atoms with Gasteiger partial charge < -0.3 is 4.98 Å². The number of nitrogens with zero attached hydrogens (tertiary/aromatic N) is 2. The van der Waals surface area contributed by atoms with Crippen LogP contribution < -0.4 is 5.56 Å². The van der Waals surface area contributed by atoms with Gasteiger partial charge in [0.25, 0.3) is 5.56 Å². The van der Waals surface area contributed by atoms with Crippen molar-refractivity contribution in [3.05, 3.63) is 61.5 Å². The predicted molar refractivity (Wildman–Crippen MR) is 99.1 cm³/mol. The van der Waals surface area contributed by atoms with E-state index in [-0.39, 0.29) is 5.56 Å². The van der Waals surface area contributed by atoms with Crippen LogP contribution in [0.5, 0.6) is 0 Å². The smallest absolute Gasteiger partial charge is 0.260 e. The third-order valence-electron chi connectivity index (χ3n) is 4.14. The Morgan fingerprint density at radius 3 is 2.71 bits per heavy atom. The highest BCUT2D eigenvalue weighted by atomic mass is 32.1. The quantitative estimate of drug-likeness (QED) is 0.711. The third-order valence-corrected chi connectivity index (χ3v) is 5.24.